The normalized spacial score (nSPS) is 13.5. The van der Waals surface area contributed by atoms with Crippen LogP contribution in [0.25, 0.3) is 0 Å². The molecule has 1 atom stereocenters. The second kappa shape index (κ2) is 8.31. The topological polar surface area (TPSA) is 38.7 Å². The van der Waals surface area contributed by atoms with Gasteiger partial charge in [0.15, 0.2) is 0 Å². The van der Waals surface area contributed by atoms with Crippen molar-refractivity contribution in [3.63, 3.8) is 0 Å². The largest absolute Gasteiger partial charge is 0.388 e. The van der Waals surface area contributed by atoms with Crippen LogP contribution in [-0.2, 0) is 20.9 Å². The van der Waals surface area contributed by atoms with Gasteiger partial charge in [-0.1, -0.05) is 41.7 Å². The van der Waals surface area contributed by atoms with Gasteiger partial charge in [0.05, 0.1) is 19.3 Å². The summed E-state index contributed by atoms with van der Waals surface area (Å²) in [4.78, 5) is 0. The van der Waals surface area contributed by atoms with Crippen molar-refractivity contribution >= 4 is 28.9 Å². The van der Waals surface area contributed by atoms with Crippen LogP contribution in [0.4, 0.5) is 0 Å². The van der Waals surface area contributed by atoms with Gasteiger partial charge in [-0.15, -0.1) is 0 Å². The van der Waals surface area contributed by atoms with Gasteiger partial charge >= 0.3 is 0 Å². The van der Waals surface area contributed by atoms with Crippen molar-refractivity contribution in [1.82, 2.24) is 0 Å². The van der Waals surface area contributed by atoms with Crippen molar-refractivity contribution in [2.45, 2.75) is 20.0 Å². The molecule has 0 unspecified atom stereocenters. The first kappa shape index (κ1) is 16.2. The minimum Gasteiger partial charge on any atom is -0.388 e. The Morgan fingerprint density at radius 3 is 2.28 bits per heavy atom. The maximum absolute atomic E-state index is 10.1. The van der Waals surface area contributed by atoms with Crippen molar-refractivity contribution in [1.29, 1.82) is 0 Å². The van der Waals surface area contributed by atoms with Crippen LogP contribution in [-0.4, -0.2) is 24.1 Å². The standard InChI is InChI=1S/C12H19O3PS2/c1-3-14-16(17,15-4-2)18-10-12(13)11-8-6-5-7-9-11/h5-9,12-13H,3-4,10H2,1-2H3/t12-/m0/s1. The van der Waals surface area contributed by atoms with E-state index in [2.05, 4.69) is 0 Å². The van der Waals surface area contributed by atoms with E-state index in [4.69, 9.17) is 20.9 Å². The van der Waals surface area contributed by atoms with Gasteiger partial charge in [-0.25, -0.2) is 0 Å². The third-order valence-electron chi connectivity index (χ3n) is 2.15. The van der Waals surface area contributed by atoms with E-state index in [1.807, 2.05) is 44.2 Å². The van der Waals surface area contributed by atoms with E-state index in [0.717, 1.165) is 5.56 Å². The molecule has 0 saturated carbocycles. The molecule has 1 rings (SSSR count). The lowest BCUT2D eigenvalue weighted by Gasteiger charge is -2.21. The van der Waals surface area contributed by atoms with Crippen LogP contribution in [0.2, 0.25) is 0 Å². The van der Waals surface area contributed by atoms with Crippen molar-refractivity contribution in [3.8, 4) is 0 Å². The average molecular weight is 306 g/mol. The maximum atomic E-state index is 10.1. The molecule has 0 aliphatic heterocycles. The predicted octanol–water partition coefficient (Wildman–Crippen LogP) is 3.75. The maximum Gasteiger partial charge on any atom is 0.247 e. The van der Waals surface area contributed by atoms with Crippen LogP contribution in [0.5, 0.6) is 0 Å². The van der Waals surface area contributed by atoms with Gasteiger partial charge in [0.25, 0.3) is 0 Å². The molecular weight excluding hydrogens is 287 g/mol. The number of benzene rings is 1. The predicted molar refractivity (Wildman–Crippen MR) is 81.4 cm³/mol. The lowest BCUT2D eigenvalue weighted by atomic mass is 10.1. The van der Waals surface area contributed by atoms with E-state index < -0.39 is 11.8 Å². The fourth-order valence-electron chi connectivity index (χ4n) is 1.36. The Morgan fingerprint density at radius 2 is 1.78 bits per heavy atom. The Balaban J connectivity index is 2.55. The van der Waals surface area contributed by atoms with Crippen LogP contribution < -0.4 is 0 Å². The molecule has 0 radical (unpaired) electrons. The quantitative estimate of drug-likeness (QED) is 0.741. The third kappa shape index (κ3) is 5.39. The molecule has 102 valence electrons. The molecule has 0 aliphatic rings. The van der Waals surface area contributed by atoms with E-state index >= 15 is 0 Å². The summed E-state index contributed by atoms with van der Waals surface area (Å²) in [6, 6.07) is 9.54. The minimum absolute atomic E-state index is 0.487. The zero-order valence-electron chi connectivity index (χ0n) is 10.6. The number of rotatable bonds is 8. The summed E-state index contributed by atoms with van der Waals surface area (Å²) in [7, 11) is 0. The van der Waals surface area contributed by atoms with E-state index in [-0.39, 0.29) is 0 Å². The molecule has 0 aliphatic carbocycles. The number of aliphatic hydroxyl groups excluding tert-OH is 1. The minimum atomic E-state index is -2.30. The lowest BCUT2D eigenvalue weighted by Crippen LogP contribution is -2.01. The molecule has 0 saturated heterocycles. The smallest absolute Gasteiger partial charge is 0.247 e. The molecule has 0 heterocycles. The SMILES string of the molecule is CCOP(=S)(OCC)SC[C@H](O)c1ccccc1. The van der Waals surface area contributed by atoms with Gasteiger partial charge < -0.3 is 14.2 Å². The average Bonchev–Trinajstić information content (AvgIpc) is 2.38. The summed E-state index contributed by atoms with van der Waals surface area (Å²) in [5.41, 5.74) is -1.42. The second-order valence-corrected chi connectivity index (χ2v) is 9.86. The molecule has 6 heteroatoms. The number of hydrogen-bond donors (Lipinski definition) is 1. The summed E-state index contributed by atoms with van der Waals surface area (Å²) < 4.78 is 11.0. The highest BCUT2D eigenvalue weighted by Crippen LogP contribution is 2.61. The first-order chi connectivity index (χ1) is 8.61. The summed E-state index contributed by atoms with van der Waals surface area (Å²) in [5, 5.41) is 10.1. The third-order valence-corrected chi connectivity index (χ3v) is 7.69. The van der Waals surface area contributed by atoms with E-state index in [9.17, 15) is 5.11 Å². The highest BCUT2D eigenvalue weighted by atomic mass is 32.9. The fraction of sp³-hybridized carbons (Fsp3) is 0.500. The van der Waals surface area contributed by atoms with Gasteiger partial charge in [0, 0.05) is 5.75 Å². The number of hydrogen-bond acceptors (Lipinski definition) is 5. The molecule has 1 aromatic rings. The van der Waals surface area contributed by atoms with Crippen LogP contribution in [0.15, 0.2) is 30.3 Å². The first-order valence-electron chi connectivity index (χ1n) is 5.88. The van der Waals surface area contributed by atoms with E-state index in [1.165, 1.54) is 11.4 Å². The van der Waals surface area contributed by atoms with Gasteiger partial charge in [0.1, 0.15) is 0 Å². The van der Waals surface area contributed by atoms with E-state index in [0.29, 0.717) is 19.0 Å². The molecule has 0 aromatic heterocycles. The van der Waals surface area contributed by atoms with Crippen molar-refractivity contribution in [2.75, 3.05) is 19.0 Å². The van der Waals surface area contributed by atoms with E-state index in [1.54, 1.807) is 0 Å². The zero-order valence-corrected chi connectivity index (χ0v) is 13.1. The lowest BCUT2D eigenvalue weighted by molar-refractivity contribution is 0.204. The Labute approximate surface area is 118 Å². The monoisotopic (exact) mass is 306 g/mol. The molecule has 1 N–H and O–H groups in total. The van der Waals surface area contributed by atoms with Crippen LogP contribution in [0.1, 0.15) is 25.5 Å². The Morgan fingerprint density at radius 1 is 1.22 bits per heavy atom. The van der Waals surface area contributed by atoms with Gasteiger partial charge in [-0.05, 0) is 31.2 Å². The molecule has 18 heavy (non-hydrogen) atoms. The van der Waals surface area contributed by atoms with Crippen molar-refractivity contribution < 1.29 is 14.2 Å². The van der Waals surface area contributed by atoms with Crippen molar-refractivity contribution in [2.24, 2.45) is 0 Å². The first-order valence-corrected chi connectivity index (χ1v) is 10.1. The molecule has 0 bridgehead atoms. The number of aliphatic hydroxyl groups is 1. The molecule has 0 spiro atoms. The Hall–Kier alpha value is 0.1000. The van der Waals surface area contributed by atoms with Crippen LogP contribution in [0, 0.1) is 0 Å². The highest BCUT2D eigenvalue weighted by molar-refractivity contribution is 8.67. The van der Waals surface area contributed by atoms with Crippen molar-refractivity contribution in [3.05, 3.63) is 35.9 Å². The van der Waals surface area contributed by atoms with Crippen LogP contribution >= 0.6 is 17.1 Å². The molecule has 1 aromatic carbocycles. The molecule has 3 nitrogen and oxygen atoms in total. The zero-order chi connectivity index (χ0) is 13.4. The Bertz CT molecular complexity index is 376. The summed E-state index contributed by atoms with van der Waals surface area (Å²) >= 11 is 6.79. The summed E-state index contributed by atoms with van der Waals surface area (Å²) in [5.74, 6) is 0.487. The molecular formula is C12H19O3PS2. The second-order valence-electron chi connectivity index (χ2n) is 3.51. The molecule has 0 fully saturated rings. The fourth-order valence-corrected chi connectivity index (χ4v) is 5.96. The Kier molecular flexibility index (Phi) is 7.46. The van der Waals surface area contributed by atoms with Gasteiger partial charge in [-0.3, -0.25) is 0 Å². The molecule has 0 amide bonds. The van der Waals surface area contributed by atoms with Crippen LogP contribution in [0.3, 0.4) is 0 Å². The van der Waals surface area contributed by atoms with Gasteiger partial charge in [0.2, 0.25) is 5.69 Å². The highest BCUT2D eigenvalue weighted by Gasteiger charge is 2.21. The summed E-state index contributed by atoms with van der Waals surface area (Å²) in [6.07, 6.45) is -0.542. The summed E-state index contributed by atoms with van der Waals surface area (Å²) in [6.45, 7) is 4.86. The van der Waals surface area contributed by atoms with Gasteiger partial charge in [-0.2, -0.15) is 0 Å².